The fourth-order valence-electron chi connectivity index (χ4n) is 2.94. The zero-order valence-electron chi connectivity index (χ0n) is 13.6. The highest BCUT2D eigenvalue weighted by Gasteiger charge is 2.38. The van der Waals surface area contributed by atoms with Gasteiger partial charge in [-0.1, -0.05) is 42.3 Å². The van der Waals surface area contributed by atoms with Crippen molar-refractivity contribution in [1.82, 2.24) is 0 Å². The van der Waals surface area contributed by atoms with E-state index in [0.717, 1.165) is 4.90 Å². The maximum Gasteiger partial charge on any atom is 0.267 e. The van der Waals surface area contributed by atoms with Crippen LogP contribution in [0.2, 0.25) is 0 Å². The molecule has 4 nitrogen and oxygen atoms in total. The second-order valence-electron chi connectivity index (χ2n) is 5.92. The van der Waals surface area contributed by atoms with E-state index in [0.29, 0.717) is 11.3 Å². The summed E-state index contributed by atoms with van der Waals surface area (Å²) in [6, 6.07) is 19.3. The molecule has 5 rings (SSSR count). The zero-order valence-corrected chi connectivity index (χ0v) is 13.6. The Balaban J connectivity index is 0.000000233. The van der Waals surface area contributed by atoms with Gasteiger partial charge in [-0.05, 0) is 35.4 Å². The normalized spacial score (nSPS) is 12.8. The molecule has 0 bridgehead atoms. The van der Waals surface area contributed by atoms with Crippen LogP contribution in [-0.4, -0.2) is 16.9 Å². The van der Waals surface area contributed by atoms with Crippen LogP contribution in [0, 0.1) is 12.3 Å². The summed E-state index contributed by atoms with van der Waals surface area (Å²) in [5, 5.41) is 9.48. The minimum absolute atomic E-state index is 0.0174. The van der Waals surface area contributed by atoms with Crippen LogP contribution in [0.25, 0.3) is 11.1 Å². The summed E-state index contributed by atoms with van der Waals surface area (Å²) in [7, 11) is 0. The summed E-state index contributed by atoms with van der Waals surface area (Å²) in [6.45, 7) is 0. The lowest BCUT2D eigenvalue weighted by Crippen LogP contribution is -2.29. The summed E-state index contributed by atoms with van der Waals surface area (Å²) in [6.07, 6.45) is 5.37. The molecule has 0 saturated heterocycles. The van der Waals surface area contributed by atoms with Crippen LogP contribution in [0.4, 0.5) is 5.69 Å². The molecule has 4 heteroatoms. The maximum absolute atomic E-state index is 12.4. The fourth-order valence-corrected chi connectivity index (χ4v) is 2.94. The highest BCUT2D eigenvalue weighted by molar-refractivity contribution is 6.35. The quantitative estimate of drug-likeness (QED) is 0.423. The first kappa shape index (κ1) is 15.7. The molecule has 26 heavy (non-hydrogen) atoms. The van der Waals surface area contributed by atoms with Gasteiger partial charge in [0.15, 0.2) is 0 Å². The molecule has 1 heterocycles. The number of terminal acetylenes is 1. The van der Waals surface area contributed by atoms with Crippen LogP contribution in [0.15, 0.2) is 66.7 Å². The van der Waals surface area contributed by atoms with E-state index < -0.39 is 11.8 Å². The average molecular weight is 339 g/mol. The van der Waals surface area contributed by atoms with E-state index in [1.54, 1.807) is 30.3 Å². The second-order valence-corrected chi connectivity index (χ2v) is 5.92. The molecule has 0 atom stereocenters. The molecular formula is C22H13NO3. The van der Waals surface area contributed by atoms with Gasteiger partial charge in [-0.3, -0.25) is 9.59 Å². The molecule has 0 saturated carbocycles. The molecule has 2 aromatic carbocycles. The van der Waals surface area contributed by atoms with E-state index in [1.165, 1.54) is 23.3 Å². The molecule has 2 aliphatic carbocycles. The van der Waals surface area contributed by atoms with E-state index in [9.17, 15) is 14.7 Å². The first-order valence-corrected chi connectivity index (χ1v) is 7.98. The standard InChI is InChI=1S/C16H9NO3.C6H4/c1-2-10-5-3-8-13-14(10)16(20)17(15(13)19)11-6-4-7-12(18)9-11;1-2-6-4-3-5(1)6/h1,3-9,18H;1-4H. The maximum atomic E-state index is 12.4. The predicted molar refractivity (Wildman–Crippen MR) is 99.1 cm³/mol. The molecule has 2 amide bonds. The largest absolute Gasteiger partial charge is 0.508 e. The van der Waals surface area contributed by atoms with Crippen molar-refractivity contribution in [2.45, 2.75) is 0 Å². The number of phenolic OH excluding ortho intramolecular Hbond substituents is 1. The first-order chi connectivity index (χ1) is 12.6. The number of hydrogen-bond donors (Lipinski definition) is 1. The Morgan fingerprint density at radius 2 is 1.50 bits per heavy atom. The molecule has 2 aromatic rings. The number of phenols is 1. The van der Waals surface area contributed by atoms with Crippen molar-refractivity contribution < 1.29 is 14.7 Å². The lowest BCUT2D eigenvalue weighted by atomic mass is 9.95. The summed E-state index contributed by atoms with van der Waals surface area (Å²) < 4.78 is 0. The van der Waals surface area contributed by atoms with Crippen LogP contribution < -0.4 is 4.90 Å². The van der Waals surface area contributed by atoms with Crippen molar-refractivity contribution in [2.75, 3.05) is 4.90 Å². The molecule has 0 radical (unpaired) electrons. The number of fused-ring (bicyclic) bond motifs is 2. The summed E-state index contributed by atoms with van der Waals surface area (Å²) in [5.41, 5.74) is 4.09. The number of carbonyl (C=O) groups excluding carboxylic acids is 2. The third-order valence-corrected chi connectivity index (χ3v) is 4.38. The van der Waals surface area contributed by atoms with Crippen molar-refractivity contribution >= 4 is 17.5 Å². The predicted octanol–water partition coefficient (Wildman–Crippen LogP) is 3.84. The average Bonchev–Trinajstić information content (AvgIpc) is 2.89. The smallest absolute Gasteiger partial charge is 0.267 e. The van der Waals surface area contributed by atoms with E-state index in [2.05, 4.69) is 30.2 Å². The van der Waals surface area contributed by atoms with Crippen LogP contribution in [-0.2, 0) is 0 Å². The van der Waals surface area contributed by atoms with E-state index in [4.69, 9.17) is 6.42 Å². The van der Waals surface area contributed by atoms with Crippen LogP contribution >= 0.6 is 0 Å². The third-order valence-electron chi connectivity index (χ3n) is 4.38. The van der Waals surface area contributed by atoms with Crippen LogP contribution in [0.3, 0.4) is 0 Å². The number of nitrogens with zero attached hydrogens (tertiary/aromatic N) is 1. The molecule has 0 fully saturated rings. The van der Waals surface area contributed by atoms with Crippen molar-refractivity contribution in [3.8, 4) is 29.2 Å². The number of carbonyl (C=O) groups is 2. The zero-order chi connectivity index (χ0) is 18.3. The Labute approximate surface area is 150 Å². The Morgan fingerprint density at radius 3 is 2.04 bits per heavy atom. The molecule has 124 valence electrons. The second kappa shape index (κ2) is 5.91. The minimum Gasteiger partial charge on any atom is -0.508 e. The van der Waals surface area contributed by atoms with Gasteiger partial charge in [0.25, 0.3) is 11.8 Å². The summed E-state index contributed by atoms with van der Waals surface area (Å²) in [5.74, 6) is 1.49. The van der Waals surface area contributed by atoms with Crippen molar-refractivity contribution in [3.63, 3.8) is 0 Å². The fraction of sp³-hybridized carbons (Fsp3) is 0. The van der Waals surface area contributed by atoms with E-state index in [-0.39, 0.29) is 16.9 Å². The van der Waals surface area contributed by atoms with Gasteiger partial charge in [0.05, 0.1) is 16.8 Å². The Kier molecular flexibility index (Phi) is 3.56. The molecule has 3 aliphatic rings. The first-order valence-electron chi connectivity index (χ1n) is 7.98. The number of rotatable bonds is 1. The number of benzene rings is 3. The van der Waals surface area contributed by atoms with Gasteiger partial charge in [-0.25, -0.2) is 4.90 Å². The van der Waals surface area contributed by atoms with Crippen LogP contribution in [0.1, 0.15) is 26.3 Å². The number of hydrogen-bond acceptors (Lipinski definition) is 3. The molecular weight excluding hydrogens is 326 g/mol. The topological polar surface area (TPSA) is 57.6 Å². The highest BCUT2D eigenvalue weighted by Crippen LogP contribution is 2.31. The van der Waals surface area contributed by atoms with E-state index in [1.807, 2.05) is 0 Å². The van der Waals surface area contributed by atoms with Crippen molar-refractivity contribution in [2.24, 2.45) is 0 Å². The Hall–Kier alpha value is -3.84. The van der Waals surface area contributed by atoms with Gasteiger partial charge in [-0.2, -0.15) is 0 Å². The van der Waals surface area contributed by atoms with Gasteiger partial charge < -0.3 is 5.11 Å². The lowest BCUT2D eigenvalue weighted by Gasteiger charge is -2.13. The Bertz CT molecular complexity index is 1070. The Morgan fingerprint density at radius 1 is 0.846 bits per heavy atom. The third kappa shape index (κ3) is 2.35. The summed E-state index contributed by atoms with van der Waals surface area (Å²) >= 11 is 0. The molecule has 1 N–H and O–H groups in total. The molecule has 0 spiro atoms. The number of imide groups is 1. The van der Waals surface area contributed by atoms with Gasteiger partial charge >= 0.3 is 0 Å². The number of anilines is 1. The van der Waals surface area contributed by atoms with E-state index >= 15 is 0 Å². The number of aromatic hydroxyl groups is 1. The van der Waals surface area contributed by atoms with Gasteiger partial charge in [0, 0.05) is 11.6 Å². The summed E-state index contributed by atoms with van der Waals surface area (Å²) in [4.78, 5) is 25.8. The van der Waals surface area contributed by atoms with Crippen molar-refractivity contribution in [1.29, 1.82) is 0 Å². The van der Waals surface area contributed by atoms with Crippen LogP contribution in [0.5, 0.6) is 5.75 Å². The lowest BCUT2D eigenvalue weighted by molar-refractivity contribution is 0.0926. The molecule has 1 aliphatic heterocycles. The minimum atomic E-state index is -0.468. The number of amides is 2. The highest BCUT2D eigenvalue weighted by atomic mass is 16.3. The van der Waals surface area contributed by atoms with Gasteiger partial charge in [0.2, 0.25) is 0 Å². The SMILES string of the molecule is C#Cc1cccc2c1C(=O)N(c1cccc(O)c1)C2=O.c1cc2ccc1-2. The van der Waals surface area contributed by atoms with Crippen molar-refractivity contribution in [3.05, 3.63) is 83.4 Å². The van der Waals surface area contributed by atoms with Gasteiger partial charge in [-0.15, -0.1) is 6.42 Å². The van der Waals surface area contributed by atoms with Gasteiger partial charge in [0.1, 0.15) is 5.75 Å². The monoisotopic (exact) mass is 339 g/mol. The molecule has 0 aromatic heterocycles. The molecule has 0 unspecified atom stereocenters.